The second-order valence-corrected chi connectivity index (χ2v) is 9.90. The summed E-state index contributed by atoms with van der Waals surface area (Å²) in [6.45, 7) is 6.18. The number of nitrogens with two attached hydrogens (primary N) is 1. The number of anilines is 1. The predicted octanol–water partition coefficient (Wildman–Crippen LogP) is 3.85. The Kier molecular flexibility index (Phi) is 9.19. The molecule has 0 atom stereocenters. The van der Waals surface area contributed by atoms with Gasteiger partial charge in [0.2, 0.25) is 0 Å². The summed E-state index contributed by atoms with van der Waals surface area (Å²) in [6, 6.07) is 7.21. The number of likely N-dealkylation sites (tertiary alicyclic amines) is 1. The minimum atomic E-state index is 0.0726. The molecule has 36 heavy (non-hydrogen) atoms. The van der Waals surface area contributed by atoms with Gasteiger partial charge in [-0.15, -0.1) is 0 Å². The van der Waals surface area contributed by atoms with Gasteiger partial charge in [-0.05, 0) is 80.6 Å². The minimum Gasteiger partial charge on any atom is -0.398 e. The van der Waals surface area contributed by atoms with Crippen molar-refractivity contribution in [3.63, 3.8) is 0 Å². The number of nitrogens with one attached hydrogen (secondary N) is 1. The van der Waals surface area contributed by atoms with Crippen LogP contribution in [0.15, 0.2) is 52.9 Å². The smallest absolute Gasteiger partial charge is 0.129 e. The Morgan fingerprint density at radius 3 is 2.75 bits per heavy atom. The van der Waals surface area contributed by atoms with Gasteiger partial charge in [-0.3, -0.25) is 9.98 Å². The van der Waals surface area contributed by atoms with Gasteiger partial charge in [0.05, 0.1) is 12.7 Å². The first-order chi connectivity index (χ1) is 17.6. The first-order valence-corrected chi connectivity index (χ1v) is 13.0. The summed E-state index contributed by atoms with van der Waals surface area (Å²) in [5.74, 6) is 1.28. The van der Waals surface area contributed by atoms with Crippen LogP contribution in [0, 0.1) is 5.41 Å². The number of nitrogen functional groups attached to an aromatic ring is 1. The molecule has 4 rings (SSSR count). The average molecular weight is 490 g/mol. The van der Waals surface area contributed by atoms with Gasteiger partial charge in [0.25, 0.3) is 0 Å². The molecule has 0 spiro atoms. The van der Waals surface area contributed by atoms with Crippen molar-refractivity contribution in [3.05, 3.63) is 59.6 Å². The maximum atomic E-state index is 9.19. The molecule has 0 bridgehead atoms. The highest BCUT2D eigenvalue weighted by molar-refractivity contribution is 5.91. The number of aromatic nitrogens is 2. The Labute approximate surface area is 214 Å². The number of benzene rings is 1. The van der Waals surface area contributed by atoms with Crippen LogP contribution in [0.5, 0.6) is 0 Å². The zero-order chi connectivity index (χ0) is 25.3. The molecule has 0 amide bonds. The predicted molar refractivity (Wildman–Crippen MR) is 147 cm³/mol. The first kappa shape index (κ1) is 26.0. The second-order valence-electron chi connectivity index (χ2n) is 9.90. The molecule has 1 saturated heterocycles. The Balaban J connectivity index is 1.39. The highest BCUT2D eigenvalue weighted by Crippen LogP contribution is 2.34. The largest absolute Gasteiger partial charge is 0.398 e. The lowest BCUT2D eigenvalue weighted by Gasteiger charge is -2.42. The molecule has 4 N–H and O–H groups in total. The summed E-state index contributed by atoms with van der Waals surface area (Å²) in [5, 5.41) is 22.2. The quantitative estimate of drug-likeness (QED) is 0.253. The van der Waals surface area contributed by atoms with Gasteiger partial charge >= 0.3 is 0 Å². The molecule has 2 aromatic rings. The second kappa shape index (κ2) is 12.7. The third-order valence-corrected chi connectivity index (χ3v) is 7.43. The third-order valence-electron chi connectivity index (χ3n) is 7.43. The number of nitrogens with zero attached hydrogens (tertiary/aromatic N) is 5. The zero-order valence-corrected chi connectivity index (χ0v) is 21.1. The maximum Gasteiger partial charge on any atom is 0.129 e. The van der Waals surface area contributed by atoms with Crippen LogP contribution in [0.1, 0.15) is 61.1 Å². The van der Waals surface area contributed by atoms with Gasteiger partial charge in [-0.2, -0.15) is 5.10 Å². The topological polar surface area (TPSA) is 116 Å². The first-order valence-electron chi connectivity index (χ1n) is 13.0. The molecular weight excluding hydrogens is 450 g/mol. The lowest BCUT2D eigenvalue weighted by atomic mass is 9.84. The Bertz CT molecular complexity index is 1090. The summed E-state index contributed by atoms with van der Waals surface area (Å²) in [5.41, 5.74) is 10.8. The molecule has 2 fully saturated rings. The van der Waals surface area contributed by atoms with Crippen LogP contribution in [-0.2, 0) is 12.8 Å². The van der Waals surface area contributed by atoms with Gasteiger partial charge in [0, 0.05) is 49.3 Å². The van der Waals surface area contributed by atoms with E-state index < -0.39 is 0 Å². The molecule has 2 aliphatic rings. The van der Waals surface area contributed by atoms with Crippen LogP contribution in [0.3, 0.4) is 0 Å². The zero-order valence-electron chi connectivity index (χ0n) is 21.1. The van der Waals surface area contributed by atoms with Crippen molar-refractivity contribution in [3.8, 4) is 0 Å². The summed E-state index contributed by atoms with van der Waals surface area (Å²) in [4.78, 5) is 11.1. The number of aliphatic imine (C=N–C) groups is 2. The number of aliphatic hydroxyl groups excluding tert-OH is 1. The monoisotopic (exact) mass is 489 g/mol. The summed E-state index contributed by atoms with van der Waals surface area (Å²) in [6.07, 6.45) is 15.1. The van der Waals surface area contributed by atoms with E-state index in [0.29, 0.717) is 36.7 Å². The number of hydrogen-bond acceptors (Lipinski definition) is 7. The summed E-state index contributed by atoms with van der Waals surface area (Å²) in [7, 11) is 0. The van der Waals surface area contributed by atoms with E-state index in [1.165, 1.54) is 50.8 Å². The Morgan fingerprint density at radius 2 is 2.06 bits per heavy atom. The van der Waals surface area contributed by atoms with E-state index in [2.05, 4.69) is 38.8 Å². The molecule has 0 unspecified atom stereocenters. The van der Waals surface area contributed by atoms with Gasteiger partial charge in [0.1, 0.15) is 5.84 Å². The Hall–Kier alpha value is -3.10. The van der Waals surface area contributed by atoms with Crippen LogP contribution in [0.25, 0.3) is 0 Å². The molecule has 192 valence electrons. The van der Waals surface area contributed by atoms with Crippen molar-refractivity contribution in [2.75, 3.05) is 32.0 Å². The van der Waals surface area contributed by atoms with E-state index in [1.54, 1.807) is 17.1 Å². The lowest BCUT2D eigenvalue weighted by molar-refractivity contribution is 0.0975. The Morgan fingerprint density at radius 1 is 1.25 bits per heavy atom. The van der Waals surface area contributed by atoms with E-state index in [-0.39, 0.29) is 13.2 Å². The van der Waals surface area contributed by atoms with Crippen molar-refractivity contribution in [1.82, 2.24) is 14.7 Å². The van der Waals surface area contributed by atoms with Crippen molar-refractivity contribution in [2.24, 2.45) is 9.98 Å². The van der Waals surface area contributed by atoms with Crippen LogP contribution in [-0.4, -0.2) is 70.3 Å². The van der Waals surface area contributed by atoms with Crippen LogP contribution >= 0.6 is 0 Å². The summed E-state index contributed by atoms with van der Waals surface area (Å²) < 4.78 is 1.71. The highest BCUT2D eigenvalue weighted by atomic mass is 16.3. The average Bonchev–Trinajstić information content (AvgIpc) is 3.31. The van der Waals surface area contributed by atoms with E-state index in [0.717, 1.165) is 22.9 Å². The number of rotatable bonds is 11. The fraction of sp³-hybridized carbons (Fsp3) is 0.500. The van der Waals surface area contributed by atoms with Gasteiger partial charge in [-0.1, -0.05) is 24.6 Å². The van der Waals surface area contributed by atoms with Crippen molar-refractivity contribution in [2.45, 2.75) is 63.3 Å². The lowest BCUT2D eigenvalue weighted by Crippen LogP contribution is -2.44. The molecular formula is C28H39N7O. The maximum absolute atomic E-state index is 9.19. The number of hydrogen-bond donors (Lipinski definition) is 3. The van der Waals surface area contributed by atoms with Gasteiger partial charge < -0.3 is 21.1 Å². The number of piperidine rings is 1. The normalized spacial score (nSPS) is 18.0. The molecule has 1 aliphatic heterocycles. The molecule has 1 aliphatic carbocycles. The van der Waals surface area contributed by atoms with E-state index >= 15 is 0 Å². The van der Waals surface area contributed by atoms with E-state index in [4.69, 9.17) is 11.1 Å². The third kappa shape index (κ3) is 6.77. The number of aliphatic hydroxyl groups is 1. The molecule has 2 heterocycles. The SMILES string of the molecule is C=N/C=C\CC(=NCC(=N)Cc1cc(C2CCN(C3CCC3)CC2)ccc1N)n1cc(CCO)cn1. The van der Waals surface area contributed by atoms with Gasteiger partial charge in [-0.25, -0.2) is 4.68 Å². The molecule has 1 aromatic heterocycles. The fourth-order valence-corrected chi connectivity index (χ4v) is 5.08. The standard InChI is InChI=1S/C28H39N7O/c1-31-12-3-6-28(35-20-21(11-15-36)18-33-35)32-19-25(29)17-24-16-23(7-8-27(24)30)22-9-13-34(14-10-22)26-4-2-5-26/h3,7-8,12,16,18,20,22,26,29,36H,1-2,4-6,9-11,13-15,17,19,30H2/b12-3-,29-25?,32-28?. The molecule has 0 radical (unpaired) electrons. The van der Waals surface area contributed by atoms with Crippen LogP contribution in [0.2, 0.25) is 0 Å². The van der Waals surface area contributed by atoms with E-state index in [9.17, 15) is 5.11 Å². The number of allylic oxidation sites excluding steroid dienone is 1. The van der Waals surface area contributed by atoms with E-state index in [1.807, 2.05) is 18.3 Å². The molecule has 8 heteroatoms. The molecule has 1 saturated carbocycles. The van der Waals surface area contributed by atoms with Gasteiger partial charge in [0.15, 0.2) is 0 Å². The highest BCUT2D eigenvalue weighted by Gasteiger charge is 2.29. The minimum absolute atomic E-state index is 0.0726. The summed E-state index contributed by atoms with van der Waals surface area (Å²) >= 11 is 0. The fourth-order valence-electron chi connectivity index (χ4n) is 5.08. The van der Waals surface area contributed by atoms with Crippen LogP contribution < -0.4 is 5.73 Å². The van der Waals surface area contributed by atoms with Crippen molar-refractivity contribution in [1.29, 1.82) is 5.41 Å². The van der Waals surface area contributed by atoms with Crippen molar-refractivity contribution >= 4 is 24.0 Å². The van der Waals surface area contributed by atoms with Crippen molar-refractivity contribution < 1.29 is 5.11 Å². The molecule has 1 aromatic carbocycles. The van der Waals surface area contributed by atoms with Crippen LogP contribution in [0.4, 0.5) is 5.69 Å². The molecule has 8 nitrogen and oxygen atoms in total.